The van der Waals surface area contributed by atoms with Gasteiger partial charge in [-0.1, -0.05) is 31.9 Å². The summed E-state index contributed by atoms with van der Waals surface area (Å²) in [5.74, 6) is 1.57. The van der Waals surface area contributed by atoms with Gasteiger partial charge in [-0.05, 0) is 48.8 Å². The second-order valence-electron chi connectivity index (χ2n) is 6.35. The minimum Gasteiger partial charge on any atom is -0.508 e. The smallest absolute Gasteiger partial charge is 0.237 e. The summed E-state index contributed by atoms with van der Waals surface area (Å²) in [7, 11) is 0. The third-order valence-electron chi connectivity index (χ3n) is 4.43. The Labute approximate surface area is 126 Å². The van der Waals surface area contributed by atoms with Crippen LogP contribution in [0.1, 0.15) is 38.2 Å². The summed E-state index contributed by atoms with van der Waals surface area (Å²) in [5, 5.41) is 12.2. The molecule has 1 aromatic carbocycles. The molecule has 1 saturated carbocycles. The predicted octanol–water partition coefficient (Wildman–Crippen LogP) is 2.20. The lowest BCUT2D eigenvalue weighted by atomic mass is 9.83. The molecule has 0 aliphatic heterocycles. The molecule has 2 rings (SSSR count). The number of phenols is 1. The molecule has 116 valence electrons. The first kappa shape index (κ1) is 15.8. The Morgan fingerprint density at radius 3 is 2.52 bits per heavy atom. The zero-order valence-electron chi connectivity index (χ0n) is 12.7. The number of rotatable bonds is 5. The molecule has 4 nitrogen and oxygen atoms in total. The lowest BCUT2D eigenvalue weighted by molar-refractivity contribution is -0.122. The lowest BCUT2D eigenvalue weighted by Crippen LogP contribution is -2.44. The highest BCUT2D eigenvalue weighted by Gasteiger charge is 2.20. The van der Waals surface area contributed by atoms with Crippen LogP contribution in [0.4, 0.5) is 0 Å². The Morgan fingerprint density at radius 2 is 1.90 bits per heavy atom. The molecule has 0 bridgehead atoms. The molecular formula is C17H26N2O2. The fourth-order valence-electron chi connectivity index (χ4n) is 2.89. The maximum Gasteiger partial charge on any atom is 0.237 e. The molecule has 0 unspecified atom stereocenters. The normalized spacial score (nSPS) is 23.5. The molecule has 21 heavy (non-hydrogen) atoms. The molecule has 1 aliphatic rings. The quantitative estimate of drug-likeness (QED) is 0.778. The molecule has 0 heterocycles. The standard InChI is InChI=1S/C17H26N2O2/c1-12-2-4-14(5-3-12)11-19-17(21)16(18)10-13-6-8-15(20)9-7-13/h6-9,12,14,16,20H,2-5,10-11,18H2,1H3,(H,19,21)/t12?,14?,16-/m1/s1. The van der Waals surface area contributed by atoms with Crippen molar-refractivity contribution in [3.63, 3.8) is 0 Å². The monoisotopic (exact) mass is 290 g/mol. The molecule has 4 heteroatoms. The van der Waals surface area contributed by atoms with E-state index in [1.807, 2.05) is 0 Å². The van der Waals surface area contributed by atoms with Crippen molar-refractivity contribution in [3.05, 3.63) is 29.8 Å². The number of nitrogens with one attached hydrogen (secondary N) is 1. The number of nitrogens with two attached hydrogens (primary N) is 1. The molecule has 1 amide bonds. The minimum absolute atomic E-state index is 0.0818. The Morgan fingerprint density at radius 1 is 1.29 bits per heavy atom. The van der Waals surface area contributed by atoms with Crippen LogP contribution >= 0.6 is 0 Å². The number of phenolic OH excluding ortho intramolecular Hbond substituents is 1. The number of benzene rings is 1. The summed E-state index contributed by atoms with van der Waals surface area (Å²) in [5.41, 5.74) is 6.91. The van der Waals surface area contributed by atoms with Crippen molar-refractivity contribution in [2.24, 2.45) is 17.6 Å². The van der Waals surface area contributed by atoms with Crippen LogP contribution in [0.15, 0.2) is 24.3 Å². The van der Waals surface area contributed by atoms with E-state index >= 15 is 0 Å². The Balaban J connectivity index is 1.73. The number of amides is 1. The molecular weight excluding hydrogens is 264 g/mol. The SMILES string of the molecule is CC1CCC(CNC(=O)[C@H](N)Cc2ccc(O)cc2)CC1. The van der Waals surface area contributed by atoms with Gasteiger partial charge < -0.3 is 16.2 Å². The first-order valence-electron chi connectivity index (χ1n) is 7.86. The van der Waals surface area contributed by atoms with Crippen molar-refractivity contribution in [1.82, 2.24) is 5.32 Å². The summed E-state index contributed by atoms with van der Waals surface area (Å²) >= 11 is 0. The van der Waals surface area contributed by atoms with E-state index in [2.05, 4.69) is 12.2 Å². The summed E-state index contributed by atoms with van der Waals surface area (Å²) in [6.07, 6.45) is 5.43. The van der Waals surface area contributed by atoms with Gasteiger partial charge in [0.05, 0.1) is 6.04 Å². The second-order valence-corrected chi connectivity index (χ2v) is 6.35. The van der Waals surface area contributed by atoms with E-state index in [4.69, 9.17) is 5.73 Å². The Kier molecular flexibility index (Phi) is 5.62. The summed E-state index contributed by atoms with van der Waals surface area (Å²) in [6.45, 7) is 3.04. The highest BCUT2D eigenvalue weighted by Crippen LogP contribution is 2.27. The van der Waals surface area contributed by atoms with Crippen LogP contribution in [0.3, 0.4) is 0 Å². The fraction of sp³-hybridized carbons (Fsp3) is 0.588. The third-order valence-corrected chi connectivity index (χ3v) is 4.43. The van der Waals surface area contributed by atoms with Crippen LogP contribution in [0.5, 0.6) is 5.75 Å². The van der Waals surface area contributed by atoms with E-state index in [0.29, 0.717) is 12.3 Å². The van der Waals surface area contributed by atoms with E-state index in [-0.39, 0.29) is 11.7 Å². The molecule has 1 aliphatic carbocycles. The van der Waals surface area contributed by atoms with E-state index in [1.54, 1.807) is 24.3 Å². The average molecular weight is 290 g/mol. The van der Waals surface area contributed by atoms with Gasteiger partial charge >= 0.3 is 0 Å². The van der Waals surface area contributed by atoms with Gasteiger partial charge in [-0.15, -0.1) is 0 Å². The summed E-state index contributed by atoms with van der Waals surface area (Å²) < 4.78 is 0. The number of carbonyl (C=O) groups excluding carboxylic acids is 1. The lowest BCUT2D eigenvalue weighted by Gasteiger charge is -2.26. The van der Waals surface area contributed by atoms with Gasteiger partial charge in [0, 0.05) is 6.54 Å². The second kappa shape index (κ2) is 7.46. The number of aromatic hydroxyl groups is 1. The highest BCUT2D eigenvalue weighted by atomic mass is 16.3. The molecule has 0 saturated heterocycles. The van der Waals surface area contributed by atoms with Crippen molar-refractivity contribution in [3.8, 4) is 5.75 Å². The van der Waals surface area contributed by atoms with Crippen LogP contribution < -0.4 is 11.1 Å². The van der Waals surface area contributed by atoms with E-state index in [1.165, 1.54) is 25.7 Å². The maximum atomic E-state index is 12.0. The fourth-order valence-corrected chi connectivity index (χ4v) is 2.89. The van der Waals surface area contributed by atoms with Crippen LogP contribution in [0, 0.1) is 11.8 Å². The largest absolute Gasteiger partial charge is 0.508 e. The van der Waals surface area contributed by atoms with Gasteiger partial charge in [-0.25, -0.2) is 0 Å². The van der Waals surface area contributed by atoms with Crippen LogP contribution in [0.25, 0.3) is 0 Å². The maximum absolute atomic E-state index is 12.0. The van der Waals surface area contributed by atoms with Crippen LogP contribution in [-0.2, 0) is 11.2 Å². The van der Waals surface area contributed by atoms with E-state index in [9.17, 15) is 9.90 Å². The van der Waals surface area contributed by atoms with Crippen LogP contribution in [-0.4, -0.2) is 23.6 Å². The van der Waals surface area contributed by atoms with Gasteiger partial charge in [0.15, 0.2) is 0 Å². The van der Waals surface area contributed by atoms with Gasteiger partial charge in [0.25, 0.3) is 0 Å². The summed E-state index contributed by atoms with van der Waals surface area (Å²) in [4.78, 5) is 12.0. The van der Waals surface area contributed by atoms with Gasteiger partial charge in [-0.2, -0.15) is 0 Å². The zero-order valence-corrected chi connectivity index (χ0v) is 12.7. The molecule has 1 aromatic rings. The van der Waals surface area contributed by atoms with Crippen LogP contribution in [0.2, 0.25) is 0 Å². The number of hydrogen-bond donors (Lipinski definition) is 3. The molecule has 1 fully saturated rings. The van der Waals surface area contributed by atoms with Crippen molar-refractivity contribution in [1.29, 1.82) is 0 Å². The first-order chi connectivity index (χ1) is 10.0. The van der Waals surface area contributed by atoms with Crippen molar-refractivity contribution < 1.29 is 9.90 Å². The average Bonchev–Trinajstić information content (AvgIpc) is 2.48. The predicted molar refractivity (Wildman–Crippen MR) is 83.9 cm³/mol. The van der Waals surface area contributed by atoms with Crippen molar-refractivity contribution >= 4 is 5.91 Å². The highest BCUT2D eigenvalue weighted by molar-refractivity contribution is 5.81. The van der Waals surface area contributed by atoms with Gasteiger partial charge in [0.1, 0.15) is 5.75 Å². The number of carbonyl (C=O) groups is 1. The molecule has 0 spiro atoms. The first-order valence-corrected chi connectivity index (χ1v) is 7.86. The zero-order chi connectivity index (χ0) is 15.2. The van der Waals surface area contributed by atoms with E-state index in [0.717, 1.165) is 18.0 Å². The van der Waals surface area contributed by atoms with Crippen molar-refractivity contribution in [2.75, 3.05) is 6.54 Å². The van der Waals surface area contributed by atoms with Gasteiger partial charge in [0.2, 0.25) is 5.91 Å². The Bertz CT molecular complexity index is 450. The van der Waals surface area contributed by atoms with Gasteiger partial charge in [-0.3, -0.25) is 4.79 Å². The molecule has 0 radical (unpaired) electrons. The molecule has 4 N–H and O–H groups in total. The van der Waals surface area contributed by atoms with E-state index < -0.39 is 6.04 Å². The summed E-state index contributed by atoms with van der Waals surface area (Å²) in [6, 6.07) is 6.29. The topological polar surface area (TPSA) is 75.4 Å². The number of hydrogen-bond acceptors (Lipinski definition) is 3. The minimum atomic E-state index is -0.531. The molecule has 1 atom stereocenters. The van der Waals surface area contributed by atoms with Crippen molar-refractivity contribution in [2.45, 2.75) is 45.1 Å². The Hall–Kier alpha value is -1.55. The third kappa shape index (κ3) is 5.05. The molecule has 0 aromatic heterocycles.